The summed E-state index contributed by atoms with van der Waals surface area (Å²) in [6.45, 7) is 0.927. The summed E-state index contributed by atoms with van der Waals surface area (Å²) in [5.74, 6) is -0.716. The molecule has 1 fully saturated rings. The quantitative estimate of drug-likeness (QED) is 0.860. The Balaban J connectivity index is 1.95. The van der Waals surface area contributed by atoms with Gasteiger partial charge in [-0.25, -0.2) is 4.68 Å². The van der Waals surface area contributed by atoms with E-state index in [1.165, 1.54) is 11.7 Å². The Hall–Kier alpha value is -2.70. The van der Waals surface area contributed by atoms with Crippen LogP contribution in [0.4, 0.5) is 0 Å². The first-order valence-corrected chi connectivity index (χ1v) is 7.53. The summed E-state index contributed by atoms with van der Waals surface area (Å²) >= 11 is 0. The normalized spacial score (nSPS) is 15.8. The van der Waals surface area contributed by atoms with Gasteiger partial charge in [0.05, 0.1) is 5.39 Å². The van der Waals surface area contributed by atoms with Crippen molar-refractivity contribution in [2.24, 2.45) is 18.7 Å². The van der Waals surface area contributed by atoms with E-state index in [0.29, 0.717) is 36.7 Å². The van der Waals surface area contributed by atoms with Gasteiger partial charge in [0.1, 0.15) is 0 Å². The van der Waals surface area contributed by atoms with Gasteiger partial charge in [0.25, 0.3) is 11.5 Å². The van der Waals surface area contributed by atoms with E-state index in [9.17, 15) is 14.4 Å². The molecule has 1 aromatic heterocycles. The summed E-state index contributed by atoms with van der Waals surface area (Å²) in [5, 5.41) is 5.18. The number of hydrogen-bond donors (Lipinski definition) is 1. The Labute approximate surface area is 132 Å². The van der Waals surface area contributed by atoms with Crippen LogP contribution in [0.2, 0.25) is 0 Å². The Morgan fingerprint density at radius 3 is 2.39 bits per heavy atom. The number of primary amides is 1. The van der Waals surface area contributed by atoms with E-state index in [2.05, 4.69) is 5.10 Å². The fourth-order valence-corrected chi connectivity index (χ4v) is 2.97. The highest BCUT2D eigenvalue weighted by Crippen LogP contribution is 2.20. The lowest BCUT2D eigenvalue weighted by Gasteiger charge is -2.30. The Morgan fingerprint density at radius 2 is 1.78 bits per heavy atom. The van der Waals surface area contributed by atoms with Gasteiger partial charge in [0.2, 0.25) is 5.91 Å². The van der Waals surface area contributed by atoms with Crippen molar-refractivity contribution in [1.29, 1.82) is 0 Å². The first-order chi connectivity index (χ1) is 11.0. The molecule has 3 rings (SSSR count). The summed E-state index contributed by atoms with van der Waals surface area (Å²) in [7, 11) is 1.53. The van der Waals surface area contributed by atoms with Gasteiger partial charge in [-0.05, 0) is 18.9 Å². The second-order valence-corrected chi connectivity index (χ2v) is 5.79. The maximum atomic E-state index is 12.8. The van der Waals surface area contributed by atoms with Crippen LogP contribution in [0.3, 0.4) is 0 Å². The van der Waals surface area contributed by atoms with Gasteiger partial charge >= 0.3 is 0 Å². The van der Waals surface area contributed by atoms with Crippen LogP contribution < -0.4 is 11.3 Å². The fourth-order valence-electron chi connectivity index (χ4n) is 2.97. The molecule has 2 heterocycles. The van der Waals surface area contributed by atoms with Crippen molar-refractivity contribution in [3.63, 3.8) is 0 Å². The molecule has 0 bridgehead atoms. The first kappa shape index (κ1) is 15.2. The average molecular weight is 314 g/mol. The van der Waals surface area contributed by atoms with Gasteiger partial charge in [0, 0.05) is 31.4 Å². The van der Waals surface area contributed by atoms with Crippen molar-refractivity contribution in [3.05, 3.63) is 40.3 Å². The molecular weight excluding hydrogens is 296 g/mol. The number of benzene rings is 1. The van der Waals surface area contributed by atoms with Gasteiger partial charge in [-0.1, -0.05) is 18.2 Å². The van der Waals surface area contributed by atoms with Crippen molar-refractivity contribution in [3.8, 4) is 0 Å². The minimum atomic E-state index is -0.317. The molecule has 2 N–H and O–H groups in total. The Kier molecular flexibility index (Phi) is 3.85. The lowest BCUT2D eigenvalue weighted by molar-refractivity contribution is -0.123. The van der Waals surface area contributed by atoms with Crippen LogP contribution in [0, 0.1) is 5.92 Å². The number of carbonyl (C=O) groups is 2. The van der Waals surface area contributed by atoms with E-state index in [4.69, 9.17) is 5.73 Å². The number of hydrogen-bond acceptors (Lipinski definition) is 4. The van der Waals surface area contributed by atoms with E-state index < -0.39 is 0 Å². The molecular formula is C16H18N4O3. The average Bonchev–Trinajstić information content (AvgIpc) is 2.57. The zero-order valence-electron chi connectivity index (χ0n) is 12.9. The number of piperidine rings is 1. The standard InChI is InChI=1S/C16H18N4O3/c1-19-15(22)12-5-3-2-4-11(12)13(18-19)16(23)20-8-6-10(7-9-20)14(17)21/h2-5,10H,6-9H2,1H3,(H2,17,21). The fraction of sp³-hybridized carbons (Fsp3) is 0.375. The minimum absolute atomic E-state index is 0.177. The third kappa shape index (κ3) is 2.69. The predicted octanol–water partition coefficient (Wildman–Crippen LogP) is 0.271. The van der Waals surface area contributed by atoms with Gasteiger partial charge in [0.15, 0.2) is 5.69 Å². The van der Waals surface area contributed by atoms with Crippen LogP contribution in [0.1, 0.15) is 23.3 Å². The summed E-state index contributed by atoms with van der Waals surface area (Å²) in [6, 6.07) is 6.96. The second-order valence-electron chi connectivity index (χ2n) is 5.79. The number of carbonyl (C=O) groups excluding carboxylic acids is 2. The number of aryl methyl sites for hydroxylation is 1. The van der Waals surface area contributed by atoms with E-state index in [-0.39, 0.29) is 29.0 Å². The van der Waals surface area contributed by atoms with Crippen LogP contribution in [-0.4, -0.2) is 39.6 Å². The highest BCUT2D eigenvalue weighted by atomic mass is 16.2. The van der Waals surface area contributed by atoms with Gasteiger partial charge in [-0.15, -0.1) is 0 Å². The second kappa shape index (κ2) is 5.83. The monoisotopic (exact) mass is 314 g/mol. The zero-order chi connectivity index (χ0) is 16.6. The molecule has 2 amide bonds. The lowest BCUT2D eigenvalue weighted by atomic mass is 9.96. The SMILES string of the molecule is Cn1nc(C(=O)N2CCC(C(N)=O)CC2)c2ccccc2c1=O. The van der Waals surface area contributed by atoms with Crippen LogP contribution in [0.25, 0.3) is 10.8 Å². The third-order valence-electron chi connectivity index (χ3n) is 4.34. The topological polar surface area (TPSA) is 98.3 Å². The number of amides is 2. The highest BCUT2D eigenvalue weighted by Gasteiger charge is 2.28. The molecule has 23 heavy (non-hydrogen) atoms. The third-order valence-corrected chi connectivity index (χ3v) is 4.34. The van der Waals surface area contributed by atoms with E-state index in [0.717, 1.165) is 0 Å². The molecule has 0 radical (unpaired) electrons. The summed E-state index contributed by atoms with van der Waals surface area (Å²) in [6.07, 6.45) is 1.12. The molecule has 1 aromatic carbocycles. The summed E-state index contributed by atoms with van der Waals surface area (Å²) < 4.78 is 1.19. The van der Waals surface area contributed by atoms with Crippen molar-refractivity contribution in [2.75, 3.05) is 13.1 Å². The van der Waals surface area contributed by atoms with Crippen LogP contribution in [-0.2, 0) is 11.8 Å². The Morgan fingerprint density at radius 1 is 1.17 bits per heavy atom. The molecule has 2 aromatic rings. The number of likely N-dealkylation sites (tertiary alicyclic amines) is 1. The molecule has 0 saturated carbocycles. The number of nitrogens with two attached hydrogens (primary N) is 1. The van der Waals surface area contributed by atoms with Crippen molar-refractivity contribution in [1.82, 2.24) is 14.7 Å². The van der Waals surface area contributed by atoms with Crippen LogP contribution in [0.5, 0.6) is 0 Å². The van der Waals surface area contributed by atoms with E-state index in [1.54, 1.807) is 29.2 Å². The first-order valence-electron chi connectivity index (χ1n) is 7.53. The molecule has 1 aliphatic heterocycles. The van der Waals surface area contributed by atoms with Crippen LogP contribution >= 0.6 is 0 Å². The molecule has 1 aliphatic rings. The Bertz CT molecular complexity index is 835. The van der Waals surface area contributed by atoms with Crippen molar-refractivity contribution in [2.45, 2.75) is 12.8 Å². The maximum Gasteiger partial charge on any atom is 0.274 e. The molecule has 7 nitrogen and oxygen atoms in total. The molecule has 0 spiro atoms. The largest absolute Gasteiger partial charge is 0.369 e. The molecule has 0 unspecified atom stereocenters. The highest BCUT2D eigenvalue weighted by molar-refractivity contribution is 6.04. The number of fused-ring (bicyclic) bond motifs is 1. The minimum Gasteiger partial charge on any atom is -0.369 e. The molecule has 1 saturated heterocycles. The predicted molar refractivity (Wildman–Crippen MR) is 84.8 cm³/mol. The summed E-state index contributed by atoms with van der Waals surface area (Å²) in [5.41, 5.74) is 5.35. The van der Waals surface area contributed by atoms with Gasteiger partial charge in [-0.2, -0.15) is 5.10 Å². The maximum absolute atomic E-state index is 12.8. The van der Waals surface area contributed by atoms with E-state index in [1.807, 2.05) is 0 Å². The molecule has 0 aliphatic carbocycles. The van der Waals surface area contributed by atoms with Gasteiger partial charge in [-0.3, -0.25) is 14.4 Å². The molecule has 0 atom stereocenters. The van der Waals surface area contributed by atoms with Crippen LogP contribution in [0.15, 0.2) is 29.1 Å². The van der Waals surface area contributed by atoms with E-state index >= 15 is 0 Å². The number of aromatic nitrogens is 2. The lowest BCUT2D eigenvalue weighted by Crippen LogP contribution is -2.42. The van der Waals surface area contributed by atoms with Crippen molar-refractivity contribution >= 4 is 22.6 Å². The summed E-state index contributed by atoms with van der Waals surface area (Å²) in [4.78, 5) is 37.8. The molecule has 120 valence electrons. The number of rotatable bonds is 2. The van der Waals surface area contributed by atoms with Crippen molar-refractivity contribution < 1.29 is 9.59 Å². The van der Waals surface area contributed by atoms with Gasteiger partial charge < -0.3 is 10.6 Å². The molecule has 7 heteroatoms. The smallest absolute Gasteiger partial charge is 0.274 e. The number of nitrogens with zero attached hydrogens (tertiary/aromatic N) is 3. The zero-order valence-corrected chi connectivity index (χ0v) is 12.9.